The summed E-state index contributed by atoms with van der Waals surface area (Å²) in [5.74, 6) is 0. The molecule has 0 radical (unpaired) electrons. The summed E-state index contributed by atoms with van der Waals surface area (Å²) in [7, 11) is -3.01. The van der Waals surface area contributed by atoms with Crippen molar-refractivity contribution in [2.75, 3.05) is 25.9 Å². The molecule has 1 aliphatic rings. The minimum absolute atomic E-state index is 0.558. The van der Waals surface area contributed by atoms with Crippen molar-refractivity contribution in [3.05, 3.63) is 0 Å². The molecule has 1 rings (SSSR count). The Morgan fingerprint density at radius 2 is 2.13 bits per heavy atom. The molecule has 1 N–H and O–H groups in total. The zero-order valence-electron chi connectivity index (χ0n) is 9.70. The second-order valence-electron chi connectivity index (χ2n) is 4.40. The second-order valence-corrected chi connectivity index (χ2v) is 6.23. The summed E-state index contributed by atoms with van der Waals surface area (Å²) in [4.78, 5) is 2.45. The van der Waals surface area contributed by atoms with E-state index in [1.807, 2.05) is 0 Å². The highest BCUT2D eigenvalue weighted by atomic mass is 32.2. The smallest absolute Gasteiger partial charge is 0.208 e. The number of rotatable bonds is 5. The van der Waals surface area contributed by atoms with Gasteiger partial charge in [0, 0.05) is 12.6 Å². The molecule has 1 fully saturated rings. The third kappa shape index (κ3) is 5.49. The lowest BCUT2D eigenvalue weighted by molar-refractivity contribution is 0.159. The Balaban J connectivity index is 2.14. The number of nitrogens with zero attached hydrogens (tertiary/aromatic N) is 1. The van der Waals surface area contributed by atoms with E-state index in [4.69, 9.17) is 0 Å². The van der Waals surface area contributed by atoms with Crippen LogP contribution in [0.5, 0.6) is 0 Å². The fraction of sp³-hybridized carbons (Fsp3) is 1.00. The zero-order chi connectivity index (χ0) is 11.3. The topological polar surface area (TPSA) is 49.4 Å². The van der Waals surface area contributed by atoms with Crippen LogP contribution in [0.25, 0.3) is 0 Å². The molecule has 0 bridgehead atoms. The van der Waals surface area contributed by atoms with Gasteiger partial charge in [-0.2, -0.15) is 0 Å². The Morgan fingerprint density at radius 3 is 2.73 bits per heavy atom. The van der Waals surface area contributed by atoms with Crippen molar-refractivity contribution >= 4 is 10.0 Å². The minimum Gasteiger partial charge on any atom is -0.301 e. The van der Waals surface area contributed by atoms with Crippen LogP contribution in [0.2, 0.25) is 0 Å². The summed E-state index contributed by atoms with van der Waals surface area (Å²) in [6.07, 6.45) is 6.00. The zero-order valence-corrected chi connectivity index (χ0v) is 10.5. The Bertz CT molecular complexity index is 277. The van der Waals surface area contributed by atoms with E-state index in [1.54, 1.807) is 0 Å². The van der Waals surface area contributed by atoms with Gasteiger partial charge in [0.1, 0.15) is 0 Å². The molecule has 0 unspecified atom stereocenters. The molecule has 0 aromatic heterocycles. The van der Waals surface area contributed by atoms with E-state index in [1.165, 1.54) is 32.1 Å². The van der Waals surface area contributed by atoms with Crippen molar-refractivity contribution < 1.29 is 8.42 Å². The van der Waals surface area contributed by atoms with E-state index >= 15 is 0 Å². The number of sulfonamides is 1. The average molecular weight is 234 g/mol. The molecular formula is C10H22N2O2S. The predicted octanol–water partition coefficient (Wildman–Crippen LogP) is 0.800. The molecule has 0 spiro atoms. The van der Waals surface area contributed by atoms with Crippen molar-refractivity contribution in [3.8, 4) is 0 Å². The molecule has 0 aromatic carbocycles. The lowest BCUT2D eigenvalue weighted by Crippen LogP contribution is -2.39. The SMILES string of the molecule is C[C@H]1CCCCN1CCCNS(C)(=O)=O. The molecule has 1 heterocycles. The van der Waals surface area contributed by atoms with Crippen LogP contribution in [-0.2, 0) is 10.0 Å². The molecule has 90 valence electrons. The van der Waals surface area contributed by atoms with E-state index in [2.05, 4.69) is 16.5 Å². The third-order valence-electron chi connectivity index (χ3n) is 2.93. The number of nitrogens with one attached hydrogen (secondary N) is 1. The predicted molar refractivity (Wildman–Crippen MR) is 62.3 cm³/mol. The molecule has 0 amide bonds. The second kappa shape index (κ2) is 5.82. The van der Waals surface area contributed by atoms with Gasteiger partial charge in [-0.05, 0) is 39.3 Å². The van der Waals surface area contributed by atoms with Gasteiger partial charge < -0.3 is 4.90 Å². The van der Waals surface area contributed by atoms with Gasteiger partial charge in [0.25, 0.3) is 0 Å². The summed E-state index contributed by atoms with van der Waals surface area (Å²) in [5, 5.41) is 0. The summed E-state index contributed by atoms with van der Waals surface area (Å²) in [6, 6.07) is 0.664. The van der Waals surface area contributed by atoms with Crippen LogP contribution in [0.3, 0.4) is 0 Å². The van der Waals surface area contributed by atoms with Crippen LogP contribution in [0.1, 0.15) is 32.6 Å². The van der Waals surface area contributed by atoms with Crippen molar-refractivity contribution in [1.82, 2.24) is 9.62 Å². The number of hydrogen-bond acceptors (Lipinski definition) is 3. The van der Waals surface area contributed by atoms with E-state index in [9.17, 15) is 8.42 Å². The minimum atomic E-state index is -3.01. The molecule has 1 atom stereocenters. The van der Waals surface area contributed by atoms with Crippen LogP contribution >= 0.6 is 0 Å². The van der Waals surface area contributed by atoms with Crippen molar-refractivity contribution in [1.29, 1.82) is 0 Å². The maximum atomic E-state index is 10.8. The highest BCUT2D eigenvalue weighted by Gasteiger charge is 2.17. The monoisotopic (exact) mass is 234 g/mol. The van der Waals surface area contributed by atoms with Gasteiger partial charge in [-0.25, -0.2) is 13.1 Å². The van der Waals surface area contributed by atoms with Crippen LogP contribution in [-0.4, -0.2) is 45.2 Å². The molecule has 15 heavy (non-hydrogen) atoms. The number of hydrogen-bond donors (Lipinski definition) is 1. The highest BCUT2D eigenvalue weighted by molar-refractivity contribution is 7.88. The van der Waals surface area contributed by atoms with Crippen LogP contribution in [0.15, 0.2) is 0 Å². The Morgan fingerprint density at radius 1 is 1.40 bits per heavy atom. The van der Waals surface area contributed by atoms with E-state index in [-0.39, 0.29) is 0 Å². The van der Waals surface area contributed by atoms with E-state index in [0.717, 1.165) is 13.0 Å². The maximum absolute atomic E-state index is 10.8. The normalized spacial score (nSPS) is 24.3. The number of likely N-dealkylation sites (tertiary alicyclic amines) is 1. The average Bonchev–Trinajstić information content (AvgIpc) is 2.13. The standard InChI is InChI=1S/C10H22N2O2S/c1-10-6-3-4-8-12(10)9-5-7-11-15(2,13)14/h10-11H,3-9H2,1-2H3/t10-/m0/s1. The lowest BCUT2D eigenvalue weighted by atomic mass is 10.0. The summed E-state index contributed by atoms with van der Waals surface area (Å²) >= 11 is 0. The highest BCUT2D eigenvalue weighted by Crippen LogP contribution is 2.15. The van der Waals surface area contributed by atoms with Crippen molar-refractivity contribution in [3.63, 3.8) is 0 Å². The summed E-state index contributed by atoms with van der Waals surface area (Å²) in [5.41, 5.74) is 0. The lowest BCUT2D eigenvalue weighted by Gasteiger charge is -2.33. The van der Waals surface area contributed by atoms with Gasteiger partial charge in [-0.15, -0.1) is 0 Å². The number of piperidine rings is 1. The summed E-state index contributed by atoms with van der Waals surface area (Å²) < 4.78 is 24.2. The first kappa shape index (κ1) is 12.9. The fourth-order valence-electron chi connectivity index (χ4n) is 2.03. The molecule has 4 nitrogen and oxygen atoms in total. The van der Waals surface area contributed by atoms with Crippen molar-refractivity contribution in [2.24, 2.45) is 0 Å². The van der Waals surface area contributed by atoms with E-state index in [0.29, 0.717) is 12.6 Å². The van der Waals surface area contributed by atoms with Gasteiger partial charge in [0.2, 0.25) is 10.0 Å². The Hall–Kier alpha value is -0.130. The van der Waals surface area contributed by atoms with Crippen LogP contribution in [0, 0.1) is 0 Å². The van der Waals surface area contributed by atoms with Crippen LogP contribution in [0.4, 0.5) is 0 Å². The molecule has 5 heteroatoms. The Labute approximate surface area is 93.1 Å². The summed E-state index contributed by atoms with van der Waals surface area (Å²) in [6.45, 7) is 4.98. The molecular weight excluding hydrogens is 212 g/mol. The van der Waals surface area contributed by atoms with Crippen molar-refractivity contribution in [2.45, 2.75) is 38.6 Å². The van der Waals surface area contributed by atoms with Gasteiger partial charge >= 0.3 is 0 Å². The van der Waals surface area contributed by atoms with Gasteiger partial charge in [0.05, 0.1) is 6.26 Å². The first-order valence-electron chi connectivity index (χ1n) is 5.68. The van der Waals surface area contributed by atoms with Gasteiger partial charge in [-0.3, -0.25) is 0 Å². The molecule has 0 saturated carbocycles. The first-order chi connectivity index (χ1) is 6.99. The first-order valence-corrected chi connectivity index (χ1v) is 7.57. The third-order valence-corrected chi connectivity index (χ3v) is 3.66. The molecule has 0 aromatic rings. The molecule has 0 aliphatic carbocycles. The van der Waals surface area contributed by atoms with Gasteiger partial charge in [0.15, 0.2) is 0 Å². The fourth-order valence-corrected chi connectivity index (χ4v) is 2.54. The van der Waals surface area contributed by atoms with Crippen LogP contribution < -0.4 is 4.72 Å². The van der Waals surface area contributed by atoms with E-state index < -0.39 is 10.0 Å². The quantitative estimate of drug-likeness (QED) is 0.716. The molecule has 1 saturated heterocycles. The molecule has 1 aliphatic heterocycles. The largest absolute Gasteiger partial charge is 0.301 e. The van der Waals surface area contributed by atoms with Gasteiger partial charge in [-0.1, -0.05) is 6.42 Å². The Kier molecular flexibility index (Phi) is 5.02. The maximum Gasteiger partial charge on any atom is 0.208 e.